The summed E-state index contributed by atoms with van der Waals surface area (Å²) in [6, 6.07) is 13.6. The third-order valence-corrected chi connectivity index (χ3v) is 2.92. The van der Waals surface area contributed by atoms with Gasteiger partial charge >= 0.3 is 0 Å². The summed E-state index contributed by atoms with van der Waals surface area (Å²) >= 11 is 0. The fraction of sp³-hybridized carbons (Fsp3) is 0.111. The molecule has 102 valence electrons. The van der Waals surface area contributed by atoms with Crippen LogP contribution in [0.1, 0.15) is 25.0 Å². The van der Waals surface area contributed by atoms with Crippen LogP contribution in [0, 0.1) is 0 Å². The van der Waals surface area contributed by atoms with Crippen LogP contribution < -0.4 is 10.5 Å². The number of hydrogen-bond donors (Lipinski definition) is 1. The van der Waals surface area contributed by atoms with E-state index in [4.69, 9.17) is 10.5 Å². The number of para-hydroxylation sites is 1. The quantitative estimate of drug-likeness (QED) is 0.778. The van der Waals surface area contributed by atoms with Crippen LogP contribution in [0.2, 0.25) is 0 Å². The van der Waals surface area contributed by atoms with E-state index in [0.717, 1.165) is 22.6 Å². The molecule has 0 aliphatic carbocycles. The highest BCUT2D eigenvalue weighted by molar-refractivity contribution is 5.71. The fourth-order valence-electron chi connectivity index (χ4n) is 2.00. The van der Waals surface area contributed by atoms with Gasteiger partial charge in [-0.1, -0.05) is 48.6 Å². The van der Waals surface area contributed by atoms with Gasteiger partial charge in [0, 0.05) is 16.8 Å². The van der Waals surface area contributed by atoms with Gasteiger partial charge in [0.1, 0.15) is 11.5 Å². The normalized spacial score (nSPS) is 11.3. The number of ether oxygens (including phenoxy) is 1. The molecule has 0 heterocycles. The molecular formula is C18H19NO. The lowest BCUT2D eigenvalue weighted by Crippen LogP contribution is -1.94. The molecule has 0 spiro atoms. The molecule has 0 radical (unpaired) electrons. The minimum Gasteiger partial charge on any atom is -0.456 e. The van der Waals surface area contributed by atoms with Crippen LogP contribution in [0.3, 0.4) is 0 Å². The van der Waals surface area contributed by atoms with Crippen LogP contribution in [0.4, 0.5) is 5.69 Å². The van der Waals surface area contributed by atoms with Crippen LogP contribution in [-0.4, -0.2) is 0 Å². The standard InChI is InChI=1S/C18H19NO/c1-3-8-14-10-5-6-12-17(14)20-18-13-7-11-16(19)15(18)9-4-2/h3-13H,19H2,1-2H3. The van der Waals surface area contributed by atoms with E-state index in [1.165, 1.54) is 0 Å². The first-order valence-electron chi connectivity index (χ1n) is 6.67. The summed E-state index contributed by atoms with van der Waals surface area (Å²) in [6.07, 6.45) is 7.94. The van der Waals surface area contributed by atoms with Crippen molar-refractivity contribution in [1.82, 2.24) is 0 Å². The van der Waals surface area contributed by atoms with E-state index in [-0.39, 0.29) is 0 Å². The van der Waals surface area contributed by atoms with Crippen molar-refractivity contribution >= 4 is 17.8 Å². The molecule has 2 aromatic rings. The Bertz CT molecular complexity index is 642. The smallest absolute Gasteiger partial charge is 0.136 e. The SMILES string of the molecule is CC=Cc1ccccc1Oc1cccc(N)c1C=CC. The van der Waals surface area contributed by atoms with Gasteiger partial charge in [0.25, 0.3) is 0 Å². The second-order valence-corrected chi connectivity index (χ2v) is 4.40. The Balaban J connectivity index is 2.43. The Labute approximate surface area is 120 Å². The Kier molecular flexibility index (Phi) is 4.61. The number of allylic oxidation sites excluding steroid dienone is 2. The molecule has 2 heteroatoms. The van der Waals surface area contributed by atoms with Gasteiger partial charge in [-0.25, -0.2) is 0 Å². The van der Waals surface area contributed by atoms with E-state index >= 15 is 0 Å². The first-order valence-corrected chi connectivity index (χ1v) is 6.67. The number of benzene rings is 2. The summed E-state index contributed by atoms with van der Waals surface area (Å²) in [4.78, 5) is 0. The highest BCUT2D eigenvalue weighted by Gasteiger charge is 2.07. The number of rotatable bonds is 4. The molecule has 2 N–H and O–H groups in total. The molecule has 0 aliphatic heterocycles. The third-order valence-electron chi connectivity index (χ3n) is 2.92. The maximum absolute atomic E-state index is 6.04. The van der Waals surface area contributed by atoms with Gasteiger partial charge in [-0.2, -0.15) is 0 Å². The van der Waals surface area contributed by atoms with E-state index < -0.39 is 0 Å². The minimum atomic E-state index is 0.712. The van der Waals surface area contributed by atoms with Crippen LogP contribution in [-0.2, 0) is 0 Å². The topological polar surface area (TPSA) is 35.2 Å². The Morgan fingerprint density at radius 1 is 0.850 bits per heavy atom. The Morgan fingerprint density at radius 2 is 1.55 bits per heavy atom. The highest BCUT2D eigenvalue weighted by Crippen LogP contribution is 2.32. The van der Waals surface area contributed by atoms with Gasteiger partial charge in [0.15, 0.2) is 0 Å². The maximum atomic E-state index is 6.04. The van der Waals surface area contributed by atoms with Crippen LogP contribution in [0.15, 0.2) is 54.6 Å². The molecule has 0 atom stereocenters. The molecule has 20 heavy (non-hydrogen) atoms. The fourth-order valence-corrected chi connectivity index (χ4v) is 2.00. The summed E-state index contributed by atoms with van der Waals surface area (Å²) in [5, 5.41) is 0. The zero-order valence-electron chi connectivity index (χ0n) is 11.8. The van der Waals surface area contributed by atoms with Crippen molar-refractivity contribution in [3.63, 3.8) is 0 Å². The first kappa shape index (κ1) is 13.9. The van der Waals surface area contributed by atoms with Gasteiger partial charge in [-0.15, -0.1) is 0 Å². The first-order chi connectivity index (χ1) is 9.76. The lowest BCUT2D eigenvalue weighted by molar-refractivity contribution is 0.480. The number of hydrogen-bond acceptors (Lipinski definition) is 2. The number of nitrogen functional groups attached to an aromatic ring is 1. The molecule has 0 bridgehead atoms. The van der Waals surface area contributed by atoms with Gasteiger partial charge in [-0.05, 0) is 32.0 Å². The van der Waals surface area contributed by atoms with E-state index in [1.807, 2.05) is 80.6 Å². The molecule has 2 nitrogen and oxygen atoms in total. The number of nitrogens with two attached hydrogens (primary N) is 1. The van der Waals surface area contributed by atoms with Gasteiger partial charge in [0.2, 0.25) is 0 Å². The van der Waals surface area contributed by atoms with E-state index in [1.54, 1.807) is 0 Å². The third kappa shape index (κ3) is 3.09. The monoisotopic (exact) mass is 265 g/mol. The summed E-state index contributed by atoms with van der Waals surface area (Å²) < 4.78 is 6.04. The lowest BCUT2D eigenvalue weighted by Gasteiger charge is -2.12. The number of anilines is 1. The van der Waals surface area contributed by atoms with Crippen molar-refractivity contribution in [2.75, 3.05) is 5.73 Å². The second kappa shape index (κ2) is 6.62. The summed E-state index contributed by atoms with van der Waals surface area (Å²) in [5.74, 6) is 1.59. The molecule has 0 amide bonds. The molecule has 2 rings (SSSR count). The summed E-state index contributed by atoms with van der Waals surface area (Å²) in [5.41, 5.74) is 8.68. The maximum Gasteiger partial charge on any atom is 0.136 e. The van der Waals surface area contributed by atoms with Crippen molar-refractivity contribution < 1.29 is 4.74 Å². The van der Waals surface area contributed by atoms with Crippen molar-refractivity contribution in [2.45, 2.75) is 13.8 Å². The predicted octanol–water partition coefficient (Wildman–Crippen LogP) is 5.13. The minimum absolute atomic E-state index is 0.712. The summed E-state index contributed by atoms with van der Waals surface area (Å²) in [7, 11) is 0. The van der Waals surface area contributed by atoms with Crippen molar-refractivity contribution in [3.8, 4) is 11.5 Å². The Hall–Kier alpha value is -2.48. The molecule has 0 saturated carbocycles. The lowest BCUT2D eigenvalue weighted by atomic mass is 10.1. The molecule has 0 aliphatic rings. The molecule has 0 saturated heterocycles. The molecular weight excluding hydrogens is 246 g/mol. The van der Waals surface area contributed by atoms with Gasteiger partial charge in [0.05, 0.1) is 0 Å². The molecule has 0 unspecified atom stereocenters. The zero-order valence-corrected chi connectivity index (χ0v) is 11.8. The van der Waals surface area contributed by atoms with E-state index in [2.05, 4.69) is 0 Å². The molecule has 2 aromatic carbocycles. The van der Waals surface area contributed by atoms with Gasteiger partial charge < -0.3 is 10.5 Å². The van der Waals surface area contributed by atoms with Crippen LogP contribution in [0.25, 0.3) is 12.2 Å². The highest BCUT2D eigenvalue weighted by atomic mass is 16.5. The average Bonchev–Trinajstić information content (AvgIpc) is 2.45. The largest absolute Gasteiger partial charge is 0.456 e. The molecule has 0 aromatic heterocycles. The van der Waals surface area contributed by atoms with E-state index in [0.29, 0.717) is 5.69 Å². The predicted molar refractivity (Wildman–Crippen MR) is 86.8 cm³/mol. The summed E-state index contributed by atoms with van der Waals surface area (Å²) in [6.45, 7) is 3.95. The van der Waals surface area contributed by atoms with Crippen LogP contribution >= 0.6 is 0 Å². The average molecular weight is 265 g/mol. The molecule has 0 fully saturated rings. The van der Waals surface area contributed by atoms with Crippen molar-refractivity contribution in [3.05, 3.63) is 65.7 Å². The second-order valence-electron chi connectivity index (χ2n) is 4.40. The van der Waals surface area contributed by atoms with Gasteiger partial charge in [-0.3, -0.25) is 0 Å². The van der Waals surface area contributed by atoms with Crippen molar-refractivity contribution in [2.24, 2.45) is 0 Å². The van der Waals surface area contributed by atoms with E-state index in [9.17, 15) is 0 Å². The van der Waals surface area contributed by atoms with Crippen LogP contribution in [0.5, 0.6) is 11.5 Å². The van der Waals surface area contributed by atoms with Crippen molar-refractivity contribution in [1.29, 1.82) is 0 Å². The Morgan fingerprint density at radius 3 is 2.30 bits per heavy atom. The zero-order chi connectivity index (χ0) is 14.4.